The van der Waals surface area contributed by atoms with Gasteiger partial charge in [0, 0.05) is 40.6 Å². The van der Waals surface area contributed by atoms with Crippen LogP contribution in [-0.4, -0.2) is 37.9 Å². The molecule has 1 saturated carbocycles. The maximum Gasteiger partial charge on any atom is 0.311 e. The zero-order chi connectivity index (χ0) is 27.9. The fourth-order valence-electron chi connectivity index (χ4n) is 6.97. The van der Waals surface area contributed by atoms with Gasteiger partial charge in [-0.15, -0.1) is 0 Å². The number of nitrogens with zero attached hydrogens (tertiary/aromatic N) is 4. The molecular weight excluding hydrogens is 622 g/mol. The van der Waals surface area contributed by atoms with E-state index in [0.29, 0.717) is 61.0 Å². The molecule has 0 spiro atoms. The van der Waals surface area contributed by atoms with Crippen LogP contribution in [0.4, 0.5) is 10.3 Å². The van der Waals surface area contributed by atoms with Gasteiger partial charge in [-0.2, -0.15) is 0 Å². The second-order valence-electron chi connectivity index (χ2n) is 11.2. The summed E-state index contributed by atoms with van der Waals surface area (Å²) in [5.41, 5.74) is 2.60. The number of imidazole rings is 1. The number of carboxylic acid groups (broad SMARTS) is 1. The lowest BCUT2D eigenvalue weighted by atomic mass is 9.75. The lowest BCUT2D eigenvalue weighted by molar-refractivity contribution is -0.140. The highest BCUT2D eigenvalue weighted by atomic mass is 79.9. The van der Waals surface area contributed by atoms with E-state index in [1.807, 2.05) is 17.7 Å². The Kier molecular flexibility index (Phi) is 6.40. The van der Waals surface area contributed by atoms with Gasteiger partial charge >= 0.3 is 5.97 Å². The van der Waals surface area contributed by atoms with E-state index in [-0.39, 0.29) is 29.7 Å². The third-order valence-electron chi connectivity index (χ3n) is 8.83. The molecule has 2 aromatic heterocycles. The molecule has 0 radical (unpaired) electrons. The number of benzene rings is 2. The van der Waals surface area contributed by atoms with Gasteiger partial charge in [0.15, 0.2) is 5.82 Å². The van der Waals surface area contributed by atoms with Crippen LogP contribution in [0.15, 0.2) is 39.3 Å². The molecule has 208 valence electrons. The molecule has 1 aliphatic carbocycles. The molecule has 3 aliphatic rings. The molecular formula is C29H26BrCl2FN4O3. The Morgan fingerprint density at radius 3 is 2.45 bits per heavy atom. The summed E-state index contributed by atoms with van der Waals surface area (Å²) in [4.78, 5) is 20.1. The molecule has 0 amide bonds. The molecule has 2 saturated heterocycles. The SMILES string of the molecule is Cn1c(N2[C@@H]3CC[C@H]2CC(C(C(=O)O)c2c(-c4c(Cl)cccc4Cl)noc2C2CC2)C3)nc2c(F)cc(Br)cc21. The van der Waals surface area contributed by atoms with E-state index < -0.39 is 11.9 Å². The van der Waals surface area contributed by atoms with E-state index in [1.165, 1.54) is 6.07 Å². The van der Waals surface area contributed by atoms with Crippen LogP contribution in [0.25, 0.3) is 22.3 Å². The van der Waals surface area contributed by atoms with Gasteiger partial charge in [-0.3, -0.25) is 4.79 Å². The van der Waals surface area contributed by atoms with Crippen molar-refractivity contribution in [1.82, 2.24) is 14.7 Å². The second kappa shape index (κ2) is 9.74. The first kappa shape index (κ1) is 26.3. The minimum absolute atomic E-state index is 0.0872. The average molecular weight is 648 g/mol. The van der Waals surface area contributed by atoms with Crippen LogP contribution in [0.1, 0.15) is 61.7 Å². The fourth-order valence-corrected chi connectivity index (χ4v) is 7.96. The number of anilines is 1. The number of carboxylic acids is 1. The summed E-state index contributed by atoms with van der Waals surface area (Å²) < 4.78 is 23.2. The quantitative estimate of drug-likeness (QED) is 0.229. The number of aromatic nitrogens is 3. The molecule has 2 bridgehead atoms. The monoisotopic (exact) mass is 646 g/mol. The first-order valence-corrected chi connectivity index (χ1v) is 15.0. The average Bonchev–Trinajstić information content (AvgIpc) is 3.51. The van der Waals surface area contributed by atoms with Crippen molar-refractivity contribution in [3.8, 4) is 11.3 Å². The molecule has 40 heavy (non-hydrogen) atoms. The lowest BCUT2D eigenvalue weighted by Gasteiger charge is -2.41. The Labute approximate surface area is 248 Å². The standard InChI is InChI=1S/C29H26BrCl2FN4O3/c1-36-21-12-15(30)11-20(33)25(21)34-29(36)37-16-7-8-17(37)10-14(9-16)22(28(38)39)24-26(35-40-27(24)13-5-6-13)23-18(31)3-2-4-19(23)32/h2-4,11-14,16-17,22H,5-10H2,1H3,(H,38,39)/t14?,16-,17+,22?. The Morgan fingerprint density at radius 2 is 1.82 bits per heavy atom. The zero-order valence-corrected chi connectivity index (χ0v) is 24.7. The van der Waals surface area contributed by atoms with Gasteiger partial charge in [0.05, 0.1) is 21.5 Å². The molecule has 2 aromatic carbocycles. The molecule has 7 rings (SSSR count). The Morgan fingerprint density at radius 1 is 1.15 bits per heavy atom. The van der Waals surface area contributed by atoms with Crippen LogP contribution in [0, 0.1) is 11.7 Å². The van der Waals surface area contributed by atoms with Crippen LogP contribution in [0.5, 0.6) is 0 Å². The number of aliphatic carboxylic acids is 1. The largest absolute Gasteiger partial charge is 0.481 e. The van der Waals surface area contributed by atoms with Crippen LogP contribution in [-0.2, 0) is 11.8 Å². The highest BCUT2D eigenvalue weighted by Crippen LogP contribution is 2.53. The number of halogens is 4. The molecule has 4 aromatic rings. The molecule has 4 atom stereocenters. The van der Waals surface area contributed by atoms with Crippen molar-refractivity contribution in [3.63, 3.8) is 0 Å². The third-order valence-corrected chi connectivity index (χ3v) is 9.92. The van der Waals surface area contributed by atoms with Crippen molar-refractivity contribution in [1.29, 1.82) is 0 Å². The predicted molar refractivity (Wildman–Crippen MR) is 155 cm³/mol. The van der Waals surface area contributed by atoms with E-state index in [9.17, 15) is 14.3 Å². The minimum Gasteiger partial charge on any atom is -0.481 e. The summed E-state index contributed by atoms with van der Waals surface area (Å²) in [6.07, 6.45) is 5.04. The number of carbonyl (C=O) groups is 1. The number of hydrogen-bond donors (Lipinski definition) is 1. The van der Waals surface area contributed by atoms with E-state index in [1.54, 1.807) is 18.2 Å². The fraction of sp³-hybridized carbons (Fsp3) is 0.414. The summed E-state index contributed by atoms with van der Waals surface area (Å²) in [7, 11) is 1.90. The Balaban J connectivity index is 1.28. The topological polar surface area (TPSA) is 84.4 Å². The molecule has 7 nitrogen and oxygen atoms in total. The summed E-state index contributed by atoms with van der Waals surface area (Å²) >= 11 is 16.5. The minimum atomic E-state index is -0.901. The summed E-state index contributed by atoms with van der Waals surface area (Å²) in [5, 5.41) is 15.9. The maximum atomic E-state index is 14.8. The van der Waals surface area contributed by atoms with Gasteiger partial charge in [0.1, 0.15) is 17.0 Å². The van der Waals surface area contributed by atoms with Crippen LogP contribution in [0.2, 0.25) is 10.0 Å². The van der Waals surface area contributed by atoms with Crippen molar-refractivity contribution in [2.24, 2.45) is 13.0 Å². The van der Waals surface area contributed by atoms with Gasteiger partial charge in [-0.1, -0.05) is 50.4 Å². The number of rotatable bonds is 6. The van der Waals surface area contributed by atoms with Gasteiger partial charge in [-0.25, -0.2) is 9.37 Å². The van der Waals surface area contributed by atoms with Crippen LogP contribution in [0.3, 0.4) is 0 Å². The van der Waals surface area contributed by atoms with Gasteiger partial charge in [0.25, 0.3) is 0 Å². The van der Waals surface area contributed by atoms with Gasteiger partial charge < -0.3 is 19.1 Å². The molecule has 1 N–H and O–H groups in total. The highest BCUT2D eigenvalue weighted by molar-refractivity contribution is 9.10. The number of piperidine rings is 1. The summed E-state index contributed by atoms with van der Waals surface area (Å²) in [6.45, 7) is 0. The lowest BCUT2D eigenvalue weighted by Crippen LogP contribution is -2.46. The molecule has 4 heterocycles. The Hall–Kier alpha value is -2.62. The number of fused-ring (bicyclic) bond motifs is 3. The first-order chi connectivity index (χ1) is 19.2. The van der Waals surface area contributed by atoms with Crippen molar-refractivity contribution in [2.75, 3.05) is 4.90 Å². The molecule has 2 unspecified atom stereocenters. The first-order valence-electron chi connectivity index (χ1n) is 13.5. The number of aryl methyl sites for hydroxylation is 1. The third kappa shape index (κ3) is 4.15. The smallest absolute Gasteiger partial charge is 0.311 e. The summed E-state index contributed by atoms with van der Waals surface area (Å²) in [5.74, 6) is -0.716. The van der Waals surface area contributed by atoms with E-state index >= 15 is 0 Å². The van der Waals surface area contributed by atoms with E-state index in [4.69, 9.17) is 32.7 Å². The highest BCUT2D eigenvalue weighted by Gasteiger charge is 2.49. The summed E-state index contributed by atoms with van der Waals surface area (Å²) in [6, 6.07) is 8.68. The molecule has 3 fully saturated rings. The predicted octanol–water partition coefficient (Wildman–Crippen LogP) is 7.93. The second-order valence-corrected chi connectivity index (χ2v) is 13.0. The van der Waals surface area contributed by atoms with Crippen LogP contribution >= 0.6 is 39.1 Å². The van der Waals surface area contributed by atoms with Crippen molar-refractivity contribution >= 4 is 62.1 Å². The van der Waals surface area contributed by atoms with Crippen molar-refractivity contribution < 1.29 is 18.8 Å². The van der Waals surface area contributed by atoms with E-state index in [2.05, 4.69) is 26.0 Å². The zero-order valence-electron chi connectivity index (χ0n) is 21.6. The van der Waals surface area contributed by atoms with Crippen molar-refractivity contribution in [3.05, 3.63) is 62.0 Å². The van der Waals surface area contributed by atoms with Gasteiger partial charge in [-0.05, 0) is 68.7 Å². The Bertz CT molecular complexity index is 1630. The van der Waals surface area contributed by atoms with E-state index in [0.717, 1.165) is 31.6 Å². The number of hydrogen-bond acceptors (Lipinski definition) is 5. The normalized spacial score (nSPS) is 23.2. The molecule has 2 aliphatic heterocycles. The maximum absolute atomic E-state index is 14.8. The van der Waals surface area contributed by atoms with Crippen molar-refractivity contribution in [2.45, 2.75) is 62.4 Å². The molecule has 11 heteroatoms. The van der Waals surface area contributed by atoms with Gasteiger partial charge in [0.2, 0.25) is 5.95 Å². The van der Waals surface area contributed by atoms with Crippen LogP contribution < -0.4 is 4.90 Å².